The Morgan fingerprint density at radius 2 is 2.00 bits per heavy atom. The van der Waals surface area contributed by atoms with Crippen molar-refractivity contribution >= 4 is 5.97 Å². The Morgan fingerprint density at radius 1 is 1.12 bits per heavy atom. The van der Waals surface area contributed by atoms with Crippen molar-refractivity contribution in [2.75, 3.05) is 0 Å². The number of aromatic nitrogens is 5. The predicted octanol–water partition coefficient (Wildman–Crippen LogP) is 2.41. The van der Waals surface area contributed by atoms with E-state index in [1.165, 1.54) is 0 Å². The fourth-order valence-corrected chi connectivity index (χ4v) is 3.13. The highest BCUT2D eigenvalue weighted by Crippen LogP contribution is 2.32. The molecule has 0 spiro atoms. The summed E-state index contributed by atoms with van der Waals surface area (Å²) in [5.74, 6) is -0.302. The maximum absolute atomic E-state index is 12.4. The minimum absolute atomic E-state index is 0.123. The normalized spacial score (nSPS) is 20.2. The summed E-state index contributed by atoms with van der Waals surface area (Å²) in [5, 5.41) is 12.0. The Hall–Kier alpha value is -2.96. The third-order valence-corrected chi connectivity index (χ3v) is 4.33. The molecule has 0 saturated heterocycles. The zero-order valence-electron chi connectivity index (χ0n) is 13.0. The van der Waals surface area contributed by atoms with Gasteiger partial charge in [0.25, 0.3) is 0 Å². The van der Waals surface area contributed by atoms with Gasteiger partial charge in [0.15, 0.2) is 0 Å². The number of ether oxygens (including phenoxy) is 1. The van der Waals surface area contributed by atoms with E-state index in [-0.39, 0.29) is 18.1 Å². The van der Waals surface area contributed by atoms with Gasteiger partial charge >= 0.3 is 5.97 Å². The first-order valence-electron chi connectivity index (χ1n) is 7.98. The molecule has 0 unspecified atom stereocenters. The summed E-state index contributed by atoms with van der Waals surface area (Å²) in [7, 11) is 0. The molecular formula is C17H17N5O2. The molecule has 122 valence electrons. The van der Waals surface area contributed by atoms with E-state index < -0.39 is 0 Å². The molecular weight excluding hydrogens is 306 g/mol. The first-order chi connectivity index (χ1) is 11.8. The van der Waals surface area contributed by atoms with Crippen LogP contribution in [0.2, 0.25) is 0 Å². The summed E-state index contributed by atoms with van der Waals surface area (Å²) in [6, 6.07) is 9.16. The van der Waals surface area contributed by atoms with Gasteiger partial charge in [0.05, 0.1) is 29.7 Å². The van der Waals surface area contributed by atoms with Crippen LogP contribution in [-0.4, -0.2) is 36.8 Å². The van der Waals surface area contributed by atoms with Crippen molar-refractivity contribution in [3.05, 3.63) is 60.7 Å². The van der Waals surface area contributed by atoms with E-state index in [2.05, 4.69) is 15.4 Å². The number of hydrogen-bond donors (Lipinski definition) is 0. The molecule has 2 heterocycles. The zero-order chi connectivity index (χ0) is 16.4. The minimum Gasteiger partial charge on any atom is -0.457 e. The second-order valence-corrected chi connectivity index (χ2v) is 5.82. The molecule has 24 heavy (non-hydrogen) atoms. The van der Waals surface area contributed by atoms with E-state index in [1.807, 2.05) is 29.1 Å². The third kappa shape index (κ3) is 2.80. The van der Waals surface area contributed by atoms with Gasteiger partial charge in [0.2, 0.25) is 0 Å². The van der Waals surface area contributed by atoms with Crippen LogP contribution in [0, 0.1) is 0 Å². The smallest absolute Gasteiger partial charge is 0.338 e. The van der Waals surface area contributed by atoms with Crippen LogP contribution in [0.25, 0.3) is 5.69 Å². The van der Waals surface area contributed by atoms with Gasteiger partial charge in [-0.15, -0.1) is 5.10 Å². The molecule has 3 aromatic rings. The van der Waals surface area contributed by atoms with E-state index in [0.29, 0.717) is 5.56 Å². The molecule has 1 fully saturated rings. The monoisotopic (exact) mass is 323 g/mol. The van der Waals surface area contributed by atoms with Gasteiger partial charge in [-0.1, -0.05) is 5.21 Å². The Bertz CT molecular complexity index is 796. The lowest BCUT2D eigenvalue weighted by Crippen LogP contribution is -2.25. The summed E-state index contributed by atoms with van der Waals surface area (Å²) in [6.45, 7) is 0. The summed E-state index contributed by atoms with van der Waals surface area (Å²) < 4.78 is 9.26. The molecule has 1 saturated carbocycles. The Morgan fingerprint density at radius 3 is 2.71 bits per heavy atom. The standard InChI is InChI=1S/C17H17N5O2/c23-17(13-5-7-14(8-6-13)21-12-10-18-20-21)24-16-4-1-3-15(16)22-11-2-9-19-22/h2,5-12,15-16H,1,3-4H2/t15-,16-/m1/s1. The Kier molecular flexibility index (Phi) is 3.82. The van der Waals surface area contributed by atoms with Crippen molar-refractivity contribution < 1.29 is 9.53 Å². The van der Waals surface area contributed by atoms with Crippen LogP contribution in [0.3, 0.4) is 0 Å². The molecule has 1 aromatic carbocycles. The van der Waals surface area contributed by atoms with Gasteiger partial charge in [-0.25, -0.2) is 9.48 Å². The van der Waals surface area contributed by atoms with Crippen molar-refractivity contribution in [1.82, 2.24) is 24.8 Å². The van der Waals surface area contributed by atoms with Crippen molar-refractivity contribution in [2.45, 2.75) is 31.4 Å². The topological polar surface area (TPSA) is 74.8 Å². The number of carbonyl (C=O) groups excluding carboxylic acids is 1. The van der Waals surface area contributed by atoms with Crippen LogP contribution in [0.1, 0.15) is 35.7 Å². The van der Waals surface area contributed by atoms with E-state index in [9.17, 15) is 4.79 Å². The SMILES string of the molecule is O=C(O[C@@H]1CCC[C@H]1n1cccn1)c1ccc(-n2ccnn2)cc1. The second-order valence-electron chi connectivity index (χ2n) is 5.82. The van der Waals surface area contributed by atoms with Crippen LogP contribution >= 0.6 is 0 Å². The quantitative estimate of drug-likeness (QED) is 0.689. The average molecular weight is 323 g/mol. The molecule has 0 bridgehead atoms. The van der Waals surface area contributed by atoms with E-state index in [4.69, 9.17) is 4.74 Å². The van der Waals surface area contributed by atoms with Crippen LogP contribution in [0.15, 0.2) is 55.1 Å². The number of carbonyl (C=O) groups is 1. The largest absolute Gasteiger partial charge is 0.457 e. The fraction of sp³-hybridized carbons (Fsp3) is 0.294. The third-order valence-electron chi connectivity index (χ3n) is 4.33. The molecule has 1 aliphatic carbocycles. The van der Waals surface area contributed by atoms with Crippen molar-refractivity contribution in [2.24, 2.45) is 0 Å². The summed E-state index contributed by atoms with van der Waals surface area (Å²) >= 11 is 0. The first-order valence-corrected chi connectivity index (χ1v) is 7.98. The lowest BCUT2D eigenvalue weighted by Gasteiger charge is -2.20. The summed E-state index contributed by atoms with van der Waals surface area (Å²) in [5.41, 5.74) is 1.38. The van der Waals surface area contributed by atoms with Crippen LogP contribution in [-0.2, 0) is 4.74 Å². The second kappa shape index (κ2) is 6.27. The molecule has 0 N–H and O–H groups in total. The summed E-state index contributed by atoms with van der Waals surface area (Å²) in [4.78, 5) is 12.4. The molecule has 7 heteroatoms. The van der Waals surface area contributed by atoms with Gasteiger partial charge in [-0.05, 0) is 49.6 Å². The van der Waals surface area contributed by atoms with E-state index >= 15 is 0 Å². The molecule has 0 aliphatic heterocycles. The molecule has 1 aliphatic rings. The number of benzene rings is 1. The number of hydrogen-bond acceptors (Lipinski definition) is 5. The lowest BCUT2D eigenvalue weighted by atomic mass is 10.2. The Labute approximate surface area is 138 Å². The number of nitrogens with zero attached hydrogens (tertiary/aromatic N) is 5. The van der Waals surface area contributed by atoms with Crippen LogP contribution in [0.5, 0.6) is 0 Å². The van der Waals surface area contributed by atoms with Crippen LogP contribution in [0.4, 0.5) is 0 Å². The van der Waals surface area contributed by atoms with Crippen LogP contribution < -0.4 is 0 Å². The number of esters is 1. The molecule has 7 nitrogen and oxygen atoms in total. The van der Waals surface area contributed by atoms with Gasteiger partial charge in [0.1, 0.15) is 6.10 Å². The zero-order valence-corrected chi connectivity index (χ0v) is 13.0. The fourth-order valence-electron chi connectivity index (χ4n) is 3.13. The molecule has 2 aromatic heterocycles. The van der Waals surface area contributed by atoms with Gasteiger partial charge in [-0.3, -0.25) is 4.68 Å². The summed E-state index contributed by atoms with van der Waals surface area (Å²) in [6.07, 6.45) is 9.78. The van der Waals surface area contributed by atoms with Crippen molar-refractivity contribution in [3.63, 3.8) is 0 Å². The highest BCUT2D eigenvalue weighted by molar-refractivity contribution is 5.89. The highest BCUT2D eigenvalue weighted by Gasteiger charge is 2.32. The minimum atomic E-state index is -0.302. The predicted molar refractivity (Wildman–Crippen MR) is 85.7 cm³/mol. The first kappa shape index (κ1) is 14.6. The maximum atomic E-state index is 12.4. The Balaban J connectivity index is 1.46. The molecule has 0 amide bonds. The van der Waals surface area contributed by atoms with E-state index in [0.717, 1.165) is 24.9 Å². The average Bonchev–Trinajstić information content (AvgIpc) is 3.36. The maximum Gasteiger partial charge on any atom is 0.338 e. The van der Waals surface area contributed by atoms with E-state index in [1.54, 1.807) is 35.4 Å². The lowest BCUT2D eigenvalue weighted by molar-refractivity contribution is 0.0210. The molecule has 4 rings (SSSR count). The highest BCUT2D eigenvalue weighted by atomic mass is 16.5. The van der Waals surface area contributed by atoms with Gasteiger partial charge in [-0.2, -0.15) is 5.10 Å². The van der Waals surface area contributed by atoms with Crippen molar-refractivity contribution in [1.29, 1.82) is 0 Å². The number of rotatable bonds is 4. The van der Waals surface area contributed by atoms with Gasteiger partial charge in [0, 0.05) is 12.4 Å². The molecule has 0 radical (unpaired) electrons. The van der Waals surface area contributed by atoms with Crippen molar-refractivity contribution in [3.8, 4) is 5.69 Å². The van der Waals surface area contributed by atoms with Gasteiger partial charge < -0.3 is 4.74 Å². The molecule has 2 atom stereocenters.